The molecule has 0 radical (unpaired) electrons. The first-order valence-corrected chi connectivity index (χ1v) is 6.26. The molecule has 0 saturated carbocycles. The number of rotatable bonds is 4. The van der Waals surface area contributed by atoms with Gasteiger partial charge in [0.1, 0.15) is 0 Å². The van der Waals surface area contributed by atoms with Crippen molar-refractivity contribution in [3.63, 3.8) is 0 Å². The van der Waals surface area contributed by atoms with Gasteiger partial charge in [0.2, 0.25) is 0 Å². The van der Waals surface area contributed by atoms with Gasteiger partial charge in [-0.3, -0.25) is 20.4 Å². The van der Waals surface area contributed by atoms with Crippen LogP contribution in [0.25, 0.3) is 0 Å². The molecule has 7 nitrogen and oxygen atoms in total. The van der Waals surface area contributed by atoms with Gasteiger partial charge in [-0.25, -0.2) is 4.79 Å². The molecule has 0 bridgehead atoms. The molecule has 1 aromatic rings. The van der Waals surface area contributed by atoms with Gasteiger partial charge in [0.05, 0.1) is 10.7 Å². The molecular weight excluding hydrogens is 317 g/mol. The highest BCUT2D eigenvalue weighted by molar-refractivity contribution is 6.34. The zero-order valence-corrected chi connectivity index (χ0v) is 12.9. The van der Waals surface area contributed by atoms with E-state index in [-0.39, 0.29) is 18.0 Å². The number of hydrogen-bond donors (Lipinski definition) is 4. The summed E-state index contributed by atoms with van der Waals surface area (Å²) in [4.78, 5) is 24.5. The number of guanidine groups is 1. The van der Waals surface area contributed by atoms with E-state index in [2.05, 4.69) is 5.32 Å². The number of amides is 3. The fourth-order valence-electron chi connectivity index (χ4n) is 1.63. The summed E-state index contributed by atoms with van der Waals surface area (Å²) < 4.78 is 0. The second kappa shape index (κ2) is 8.33. The maximum absolute atomic E-state index is 11.8. The van der Waals surface area contributed by atoms with E-state index in [4.69, 9.17) is 28.5 Å². The summed E-state index contributed by atoms with van der Waals surface area (Å²) >= 11 is 6.03. The first-order valence-electron chi connectivity index (χ1n) is 5.88. The number of benzene rings is 1. The average molecular weight is 334 g/mol. The van der Waals surface area contributed by atoms with Crippen molar-refractivity contribution >= 4 is 47.6 Å². The Kier molecular flexibility index (Phi) is 7.54. The zero-order valence-electron chi connectivity index (χ0n) is 11.4. The third-order valence-corrected chi connectivity index (χ3v) is 2.78. The number of urea groups is 1. The number of hydrogen-bond acceptors (Lipinski definition) is 3. The fourth-order valence-corrected chi connectivity index (χ4v) is 1.85. The highest BCUT2D eigenvalue weighted by Crippen LogP contribution is 2.27. The molecule has 0 heterocycles. The second-order valence-corrected chi connectivity index (χ2v) is 4.43. The number of halogens is 2. The molecule has 0 aliphatic rings. The lowest BCUT2D eigenvalue weighted by Gasteiger charge is -2.21. The number of carbonyl (C=O) groups excluding carboxylic acids is 2. The van der Waals surface area contributed by atoms with Gasteiger partial charge in [0.25, 0.3) is 5.91 Å². The van der Waals surface area contributed by atoms with Crippen molar-refractivity contribution in [1.82, 2.24) is 5.32 Å². The maximum Gasteiger partial charge on any atom is 0.319 e. The summed E-state index contributed by atoms with van der Waals surface area (Å²) in [5.74, 6) is -1.02. The number of nitrogens with one attached hydrogen (secondary N) is 2. The summed E-state index contributed by atoms with van der Waals surface area (Å²) in [6.45, 7) is 2.27. The Balaban J connectivity index is 0.00000400. The number of carbonyl (C=O) groups is 2. The van der Waals surface area contributed by atoms with Gasteiger partial charge < -0.3 is 11.5 Å². The predicted octanol–water partition coefficient (Wildman–Crippen LogP) is 1.68. The minimum absolute atomic E-state index is 0. The van der Waals surface area contributed by atoms with Gasteiger partial charge >= 0.3 is 6.03 Å². The van der Waals surface area contributed by atoms with Crippen molar-refractivity contribution in [2.75, 3.05) is 11.4 Å². The molecule has 0 atom stereocenters. The molecule has 0 aliphatic carbocycles. The molecule has 0 aromatic heterocycles. The van der Waals surface area contributed by atoms with Gasteiger partial charge in [-0.1, -0.05) is 18.5 Å². The van der Waals surface area contributed by atoms with E-state index in [0.29, 0.717) is 23.7 Å². The lowest BCUT2D eigenvalue weighted by atomic mass is 10.1. The summed E-state index contributed by atoms with van der Waals surface area (Å²) in [7, 11) is 0. The van der Waals surface area contributed by atoms with Crippen LogP contribution < -0.4 is 21.7 Å². The normalized spacial score (nSPS) is 9.43. The number of nitrogens with two attached hydrogens (primary N) is 2. The molecule has 1 rings (SSSR count). The van der Waals surface area contributed by atoms with E-state index < -0.39 is 17.9 Å². The minimum atomic E-state index is -0.655. The zero-order chi connectivity index (χ0) is 15.3. The molecule has 9 heteroatoms. The Labute approximate surface area is 133 Å². The monoisotopic (exact) mass is 333 g/mol. The van der Waals surface area contributed by atoms with Crippen LogP contribution in [0.1, 0.15) is 23.7 Å². The third-order valence-electron chi connectivity index (χ3n) is 2.46. The van der Waals surface area contributed by atoms with Crippen LogP contribution in [0.2, 0.25) is 5.02 Å². The second-order valence-electron chi connectivity index (χ2n) is 4.02. The van der Waals surface area contributed by atoms with E-state index in [1.807, 2.05) is 6.92 Å². The van der Waals surface area contributed by atoms with Crippen LogP contribution in [0.3, 0.4) is 0 Å². The van der Waals surface area contributed by atoms with Crippen LogP contribution in [0.5, 0.6) is 0 Å². The smallest absolute Gasteiger partial charge is 0.319 e. The van der Waals surface area contributed by atoms with Crippen molar-refractivity contribution in [2.24, 2.45) is 11.5 Å². The van der Waals surface area contributed by atoms with Gasteiger partial charge in [0, 0.05) is 12.1 Å². The molecular formula is C12H17Cl2N5O2. The largest absolute Gasteiger partial charge is 0.370 e. The van der Waals surface area contributed by atoms with Crippen molar-refractivity contribution in [2.45, 2.75) is 13.3 Å². The maximum atomic E-state index is 11.8. The Morgan fingerprint density at radius 1 is 1.38 bits per heavy atom. The molecule has 0 unspecified atom stereocenters. The SMILES string of the molecule is CCCN(C(N)=O)c1cc(C(=O)NC(=N)N)ccc1Cl.Cl. The number of primary amides is 1. The fraction of sp³-hybridized carbons (Fsp3) is 0.250. The highest BCUT2D eigenvalue weighted by Gasteiger charge is 2.17. The first-order chi connectivity index (χ1) is 9.36. The van der Waals surface area contributed by atoms with E-state index >= 15 is 0 Å². The third kappa shape index (κ3) is 5.13. The van der Waals surface area contributed by atoms with Gasteiger partial charge in [-0.15, -0.1) is 12.4 Å². The average Bonchev–Trinajstić information content (AvgIpc) is 2.35. The van der Waals surface area contributed by atoms with E-state index in [0.717, 1.165) is 0 Å². The van der Waals surface area contributed by atoms with Crippen molar-refractivity contribution in [3.05, 3.63) is 28.8 Å². The van der Waals surface area contributed by atoms with Crippen LogP contribution in [0, 0.1) is 5.41 Å². The van der Waals surface area contributed by atoms with Crippen LogP contribution in [0.4, 0.5) is 10.5 Å². The van der Waals surface area contributed by atoms with Crippen LogP contribution in [0.15, 0.2) is 18.2 Å². The predicted molar refractivity (Wildman–Crippen MR) is 85.3 cm³/mol. The van der Waals surface area contributed by atoms with Crippen LogP contribution in [-0.4, -0.2) is 24.4 Å². The molecule has 0 fully saturated rings. The van der Waals surface area contributed by atoms with Gasteiger partial charge in [0.15, 0.2) is 5.96 Å². The molecule has 0 saturated heterocycles. The molecule has 1 aromatic carbocycles. The van der Waals surface area contributed by atoms with Gasteiger partial charge in [-0.2, -0.15) is 0 Å². The molecule has 21 heavy (non-hydrogen) atoms. The number of anilines is 1. The summed E-state index contributed by atoms with van der Waals surface area (Å²) in [6.07, 6.45) is 0.684. The molecule has 6 N–H and O–H groups in total. The van der Waals surface area contributed by atoms with Crippen molar-refractivity contribution in [1.29, 1.82) is 5.41 Å². The highest BCUT2D eigenvalue weighted by atomic mass is 35.5. The summed E-state index contributed by atoms with van der Waals surface area (Å²) in [5, 5.41) is 9.48. The van der Waals surface area contributed by atoms with E-state index in [1.54, 1.807) is 0 Å². The lowest BCUT2D eigenvalue weighted by Crippen LogP contribution is -2.37. The first kappa shape index (κ1) is 19.0. The Morgan fingerprint density at radius 3 is 2.48 bits per heavy atom. The standard InChI is InChI=1S/C12H16ClN5O2.ClH/c1-2-5-18(12(16)20)9-6-7(3-4-8(9)13)10(19)17-11(14)15;/h3-4,6H,2,5H2,1H3,(H2,16,20)(H4,14,15,17,19);1H. The molecule has 0 spiro atoms. The minimum Gasteiger partial charge on any atom is -0.370 e. The molecule has 3 amide bonds. The van der Waals surface area contributed by atoms with Crippen molar-refractivity contribution < 1.29 is 9.59 Å². The Bertz CT molecular complexity index is 550. The quantitative estimate of drug-likeness (QED) is 0.494. The Morgan fingerprint density at radius 2 is 2.00 bits per heavy atom. The topological polar surface area (TPSA) is 125 Å². The molecule has 116 valence electrons. The van der Waals surface area contributed by atoms with E-state index in [1.165, 1.54) is 23.1 Å². The van der Waals surface area contributed by atoms with Gasteiger partial charge in [-0.05, 0) is 24.6 Å². The van der Waals surface area contributed by atoms with Crippen LogP contribution >= 0.6 is 24.0 Å². The summed E-state index contributed by atoms with van der Waals surface area (Å²) in [6, 6.07) is 3.73. The Hall–Kier alpha value is -1.99. The van der Waals surface area contributed by atoms with Crippen molar-refractivity contribution in [3.8, 4) is 0 Å². The lowest BCUT2D eigenvalue weighted by molar-refractivity contribution is 0.0976. The van der Waals surface area contributed by atoms with Crippen LogP contribution in [-0.2, 0) is 0 Å². The van der Waals surface area contributed by atoms with E-state index in [9.17, 15) is 9.59 Å². The summed E-state index contributed by atoms with van der Waals surface area (Å²) in [5.41, 5.74) is 11.0. The number of nitrogens with zero attached hydrogens (tertiary/aromatic N) is 1. The molecule has 0 aliphatic heterocycles.